The van der Waals surface area contributed by atoms with Gasteiger partial charge in [-0.25, -0.2) is 0 Å². The number of hydrogen-bond donors (Lipinski definition) is 2. The summed E-state index contributed by atoms with van der Waals surface area (Å²) in [5.41, 5.74) is 0.357. The summed E-state index contributed by atoms with van der Waals surface area (Å²) in [4.78, 5) is 0. The van der Waals surface area contributed by atoms with Crippen molar-refractivity contribution in [2.75, 3.05) is 11.9 Å². The number of allylic oxidation sites excluding steroid dienone is 1. The van der Waals surface area contributed by atoms with Crippen molar-refractivity contribution in [3.8, 4) is 0 Å². The fourth-order valence-electron chi connectivity index (χ4n) is 2.28. The second-order valence-electron chi connectivity index (χ2n) is 4.79. The van der Waals surface area contributed by atoms with E-state index in [0.29, 0.717) is 24.3 Å². The molecule has 1 aromatic rings. The molecule has 2 rings (SSSR count). The molecule has 0 amide bonds. The molecule has 2 N–H and O–H groups in total. The van der Waals surface area contributed by atoms with Crippen LogP contribution in [0.3, 0.4) is 0 Å². The molecule has 1 aromatic carbocycles. The van der Waals surface area contributed by atoms with Crippen LogP contribution in [-0.4, -0.2) is 12.6 Å². The molecule has 0 aliphatic carbocycles. The van der Waals surface area contributed by atoms with Crippen LogP contribution in [0.15, 0.2) is 24.8 Å². The fraction of sp³-hybridized carbons (Fsp3) is 0.556. The van der Waals surface area contributed by atoms with E-state index in [-0.39, 0.29) is 11.1 Å². The van der Waals surface area contributed by atoms with E-state index >= 15 is 0 Å². The maximum absolute atomic E-state index is 12.8. The van der Waals surface area contributed by atoms with Gasteiger partial charge in [0.05, 0.1) is 10.6 Å². The molecule has 1 heterocycles. The number of fused-ring (bicyclic) bond motifs is 1. The highest BCUT2D eigenvalue weighted by molar-refractivity contribution is 6.32. The predicted octanol–water partition coefficient (Wildman–Crippen LogP) is 6.26. The lowest BCUT2D eigenvalue weighted by molar-refractivity contribution is -0.137. The maximum atomic E-state index is 12.8. The lowest BCUT2D eigenvalue weighted by atomic mass is 10.1. The lowest BCUT2D eigenvalue weighted by Crippen LogP contribution is -2.29. The third-order valence-electron chi connectivity index (χ3n) is 3.32. The normalized spacial score (nSPS) is 16.2. The zero-order valence-corrected chi connectivity index (χ0v) is 15.6. The Labute approximate surface area is 148 Å². The molecule has 0 saturated heterocycles. The van der Waals surface area contributed by atoms with Gasteiger partial charge in [0.1, 0.15) is 0 Å². The molecule has 1 aliphatic heterocycles. The summed E-state index contributed by atoms with van der Waals surface area (Å²) in [6.07, 6.45) is -0.883. The Morgan fingerprint density at radius 3 is 2.42 bits per heavy atom. The van der Waals surface area contributed by atoms with Crippen molar-refractivity contribution in [3.05, 3.63) is 40.9 Å². The van der Waals surface area contributed by atoms with Crippen LogP contribution >= 0.6 is 11.6 Å². The highest BCUT2D eigenvalue weighted by Gasteiger charge is 2.35. The Hall–Kier alpha value is -1.20. The molecule has 0 saturated carbocycles. The SMILES string of the molecule is C=CCCC1CNCc2c(ccc(C(F)(F)F)c2Cl)N1.CC.CC. The van der Waals surface area contributed by atoms with E-state index in [1.54, 1.807) is 0 Å². The van der Waals surface area contributed by atoms with E-state index in [9.17, 15) is 13.2 Å². The first-order valence-electron chi connectivity index (χ1n) is 8.40. The first kappa shape index (κ1) is 22.8. The van der Waals surface area contributed by atoms with Crippen molar-refractivity contribution in [3.63, 3.8) is 0 Å². The van der Waals surface area contributed by atoms with E-state index < -0.39 is 11.7 Å². The summed E-state index contributed by atoms with van der Waals surface area (Å²) in [6.45, 7) is 12.7. The number of nitrogens with one attached hydrogen (secondary N) is 2. The van der Waals surface area contributed by atoms with E-state index in [1.807, 2.05) is 33.8 Å². The molecule has 2 nitrogen and oxygen atoms in total. The molecule has 1 aliphatic rings. The van der Waals surface area contributed by atoms with Crippen molar-refractivity contribution in [2.45, 2.75) is 59.3 Å². The largest absolute Gasteiger partial charge is 0.417 e. The molecule has 1 unspecified atom stereocenters. The van der Waals surface area contributed by atoms with Gasteiger partial charge in [-0.2, -0.15) is 13.2 Å². The van der Waals surface area contributed by atoms with Gasteiger partial charge in [0.25, 0.3) is 0 Å². The van der Waals surface area contributed by atoms with Gasteiger partial charge in [0, 0.05) is 30.4 Å². The predicted molar refractivity (Wildman–Crippen MR) is 97.7 cm³/mol. The zero-order chi connectivity index (χ0) is 18.8. The molecule has 0 fully saturated rings. The van der Waals surface area contributed by atoms with Gasteiger partial charge in [-0.3, -0.25) is 0 Å². The molecule has 0 spiro atoms. The Bertz CT molecular complexity index is 502. The van der Waals surface area contributed by atoms with Crippen LogP contribution in [0, 0.1) is 0 Å². The number of benzene rings is 1. The Morgan fingerprint density at radius 2 is 1.88 bits per heavy atom. The minimum absolute atomic E-state index is 0.155. The summed E-state index contributed by atoms with van der Waals surface area (Å²) in [5.74, 6) is 0. The molecule has 24 heavy (non-hydrogen) atoms. The van der Waals surface area contributed by atoms with Crippen LogP contribution in [-0.2, 0) is 12.7 Å². The monoisotopic (exact) mass is 364 g/mol. The van der Waals surface area contributed by atoms with Crippen molar-refractivity contribution in [2.24, 2.45) is 0 Å². The van der Waals surface area contributed by atoms with E-state index in [4.69, 9.17) is 11.6 Å². The first-order chi connectivity index (χ1) is 11.4. The second kappa shape index (κ2) is 11.4. The van der Waals surface area contributed by atoms with Gasteiger partial charge in [-0.1, -0.05) is 45.4 Å². The van der Waals surface area contributed by atoms with Gasteiger partial charge < -0.3 is 10.6 Å². The van der Waals surface area contributed by atoms with E-state index in [1.165, 1.54) is 6.07 Å². The molecule has 0 radical (unpaired) electrons. The number of anilines is 1. The molecule has 6 heteroatoms. The fourth-order valence-corrected chi connectivity index (χ4v) is 2.62. The summed E-state index contributed by atoms with van der Waals surface area (Å²) in [6, 6.07) is 2.64. The van der Waals surface area contributed by atoms with Crippen molar-refractivity contribution >= 4 is 17.3 Å². The van der Waals surface area contributed by atoms with E-state index in [0.717, 1.165) is 18.9 Å². The molecule has 0 aromatic heterocycles. The smallest absolute Gasteiger partial charge is 0.381 e. The van der Waals surface area contributed by atoms with Crippen LogP contribution in [0.5, 0.6) is 0 Å². The lowest BCUT2D eigenvalue weighted by Gasteiger charge is -2.18. The summed E-state index contributed by atoms with van der Waals surface area (Å²) < 4.78 is 38.5. The Kier molecular flexibility index (Phi) is 10.8. The summed E-state index contributed by atoms with van der Waals surface area (Å²) in [7, 11) is 0. The van der Waals surface area contributed by atoms with Crippen molar-refractivity contribution in [1.29, 1.82) is 0 Å². The van der Waals surface area contributed by atoms with Gasteiger partial charge in [0.15, 0.2) is 0 Å². The van der Waals surface area contributed by atoms with Gasteiger partial charge >= 0.3 is 6.18 Å². The Balaban J connectivity index is 0.00000123. The highest BCUT2D eigenvalue weighted by atomic mass is 35.5. The molecule has 1 atom stereocenters. The number of alkyl halides is 3. The number of rotatable bonds is 3. The summed E-state index contributed by atoms with van der Waals surface area (Å²) in [5, 5.41) is 6.16. The maximum Gasteiger partial charge on any atom is 0.417 e. The van der Waals surface area contributed by atoms with Crippen LogP contribution in [0.1, 0.15) is 51.7 Å². The first-order valence-corrected chi connectivity index (χ1v) is 8.78. The molecule has 0 bridgehead atoms. The van der Waals surface area contributed by atoms with Crippen LogP contribution in [0.2, 0.25) is 5.02 Å². The summed E-state index contributed by atoms with van der Waals surface area (Å²) >= 11 is 5.92. The minimum atomic E-state index is -4.43. The standard InChI is InChI=1S/C14H16ClF3N2.2C2H6/c1-2-3-4-9-7-19-8-10-12(20-9)6-5-11(13(10)15)14(16,17)18;2*1-2/h2,5-6,9,19-20H,1,3-4,7-8H2;2*1-2H3. The van der Waals surface area contributed by atoms with Gasteiger partial charge in [0.2, 0.25) is 0 Å². The third kappa shape index (κ3) is 6.36. The van der Waals surface area contributed by atoms with Crippen LogP contribution in [0.25, 0.3) is 0 Å². The molecule has 138 valence electrons. The average Bonchev–Trinajstić information content (AvgIpc) is 2.78. The van der Waals surface area contributed by atoms with Crippen molar-refractivity contribution in [1.82, 2.24) is 5.32 Å². The van der Waals surface area contributed by atoms with Crippen LogP contribution < -0.4 is 10.6 Å². The van der Waals surface area contributed by atoms with Crippen molar-refractivity contribution < 1.29 is 13.2 Å². The van der Waals surface area contributed by atoms with Gasteiger partial charge in [-0.05, 0) is 25.0 Å². The third-order valence-corrected chi connectivity index (χ3v) is 3.75. The quantitative estimate of drug-likeness (QED) is 0.618. The Morgan fingerprint density at radius 1 is 1.25 bits per heavy atom. The molecular formula is C18H28ClF3N2. The molecular weight excluding hydrogens is 337 g/mol. The van der Waals surface area contributed by atoms with Crippen LogP contribution in [0.4, 0.5) is 18.9 Å². The number of hydrogen-bond acceptors (Lipinski definition) is 2. The van der Waals surface area contributed by atoms with Gasteiger partial charge in [-0.15, -0.1) is 6.58 Å². The highest BCUT2D eigenvalue weighted by Crippen LogP contribution is 2.39. The van der Waals surface area contributed by atoms with E-state index in [2.05, 4.69) is 17.2 Å². The topological polar surface area (TPSA) is 24.1 Å². The zero-order valence-electron chi connectivity index (χ0n) is 14.9. The minimum Gasteiger partial charge on any atom is -0.381 e. The second-order valence-corrected chi connectivity index (χ2v) is 5.17. The average molecular weight is 365 g/mol. The number of halogens is 4.